The topological polar surface area (TPSA) is 66.9 Å². The van der Waals surface area contributed by atoms with E-state index in [4.69, 9.17) is 14.5 Å². The number of carbonyl (C=O) groups is 1. The molecule has 0 bridgehead atoms. The third-order valence-electron chi connectivity index (χ3n) is 7.58. The van der Waals surface area contributed by atoms with Gasteiger partial charge in [-0.15, -0.1) is 0 Å². The van der Waals surface area contributed by atoms with E-state index in [2.05, 4.69) is 45.4 Å². The SMILES string of the molecule is O=C(NC(Cc1ccc2c(c1)OCCO2)CN1CCCC1)[C@@H]1CCN(c2ccc3ccccc3n2)C1. The number of para-hydroxylation sites is 1. The molecule has 2 fully saturated rings. The highest BCUT2D eigenvalue weighted by atomic mass is 16.6. The van der Waals surface area contributed by atoms with Gasteiger partial charge in [0.05, 0.1) is 11.4 Å². The van der Waals surface area contributed by atoms with Crippen LogP contribution >= 0.6 is 0 Å². The van der Waals surface area contributed by atoms with Crippen molar-refractivity contribution >= 4 is 22.6 Å². The van der Waals surface area contributed by atoms with Crippen LogP contribution in [0.5, 0.6) is 11.5 Å². The summed E-state index contributed by atoms with van der Waals surface area (Å²) in [7, 11) is 0. The summed E-state index contributed by atoms with van der Waals surface area (Å²) in [6.45, 7) is 5.82. The Hall–Kier alpha value is -3.32. The Bertz CT molecular complexity index is 1230. The van der Waals surface area contributed by atoms with Crippen LogP contribution in [0.25, 0.3) is 10.9 Å². The predicted octanol–water partition coefficient (Wildman–Crippen LogP) is 3.66. The van der Waals surface area contributed by atoms with Crippen LogP contribution in [-0.4, -0.2) is 67.8 Å². The van der Waals surface area contributed by atoms with Gasteiger partial charge in [-0.2, -0.15) is 0 Å². The number of hydrogen-bond donors (Lipinski definition) is 1. The monoisotopic (exact) mass is 486 g/mol. The molecular formula is C29H34N4O3. The van der Waals surface area contributed by atoms with Crippen molar-refractivity contribution in [3.05, 3.63) is 60.2 Å². The molecule has 2 saturated heterocycles. The summed E-state index contributed by atoms with van der Waals surface area (Å²) in [4.78, 5) is 23.0. The van der Waals surface area contributed by atoms with Crippen molar-refractivity contribution in [2.45, 2.75) is 31.7 Å². The Kier molecular flexibility index (Phi) is 6.64. The van der Waals surface area contributed by atoms with Gasteiger partial charge in [-0.1, -0.05) is 24.3 Å². The van der Waals surface area contributed by atoms with Gasteiger partial charge in [-0.05, 0) is 74.7 Å². The Labute approximate surface area is 212 Å². The van der Waals surface area contributed by atoms with Crippen LogP contribution in [0.1, 0.15) is 24.8 Å². The third kappa shape index (κ3) is 5.12. The molecule has 0 radical (unpaired) electrons. The summed E-state index contributed by atoms with van der Waals surface area (Å²) in [6.07, 6.45) is 4.10. The number of hydrogen-bond acceptors (Lipinski definition) is 6. The third-order valence-corrected chi connectivity index (χ3v) is 7.58. The first-order chi connectivity index (χ1) is 17.7. The van der Waals surface area contributed by atoms with Gasteiger partial charge in [-0.25, -0.2) is 4.98 Å². The molecule has 1 aromatic heterocycles. The maximum absolute atomic E-state index is 13.4. The van der Waals surface area contributed by atoms with Crippen LogP contribution in [0.15, 0.2) is 54.6 Å². The number of ether oxygens (including phenoxy) is 2. The van der Waals surface area contributed by atoms with Gasteiger partial charge >= 0.3 is 0 Å². The van der Waals surface area contributed by atoms with E-state index in [0.717, 1.165) is 72.8 Å². The van der Waals surface area contributed by atoms with Crippen LogP contribution in [-0.2, 0) is 11.2 Å². The average Bonchev–Trinajstić information content (AvgIpc) is 3.61. The van der Waals surface area contributed by atoms with Gasteiger partial charge in [0.15, 0.2) is 11.5 Å². The lowest BCUT2D eigenvalue weighted by molar-refractivity contribution is -0.125. The van der Waals surface area contributed by atoms with Crippen LogP contribution < -0.4 is 19.7 Å². The van der Waals surface area contributed by atoms with Gasteiger partial charge in [-0.3, -0.25) is 4.79 Å². The van der Waals surface area contributed by atoms with E-state index in [0.29, 0.717) is 19.8 Å². The molecule has 7 nitrogen and oxygen atoms in total. The van der Waals surface area contributed by atoms with Crippen molar-refractivity contribution in [1.29, 1.82) is 0 Å². The number of aromatic nitrogens is 1. The number of amides is 1. The quantitative estimate of drug-likeness (QED) is 0.550. The Morgan fingerprint density at radius 2 is 1.83 bits per heavy atom. The van der Waals surface area contributed by atoms with Crippen molar-refractivity contribution in [2.75, 3.05) is 50.8 Å². The minimum Gasteiger partial charge on any atom is -0.486 e. The smallest absolute Gasteiger partial charge is 0.225 e. The lowest BCUT2D eigenvalue weighted by Gasteiger charge is -2.26. The highest BCUT2D eigenvalue weighted by Crippen LogP contribution is 2.31. The first kappa shape index (κ1) is 23.1. The number of anilines is 1. The summed E-state index contributed by atoms with van der Waals surface area (Å²) in [5.41, 5.74) is 2.16. The molecule has 3 aliphatic heterocycles. The van der Waals surface area contributed by atoms with Gasteiger partial charge in [0.25, 0.3) is 0 Å². The molecule has 36 heavy (non-hydrogen) atoms. The first-order valence-corrected chi connectivity index (χ1v) is 13.2. The number of likely N-dealkylation sites (tertiary alicyclic amines) is 1. The van der Waals surface area contributed by atoms with E-state index >= 15 is 0 Å². The Balaban J connectivity index is 1.12. The van der Waals surface area contributed by atoms with Gasteiger partial charge < -0.3 is 24.6 Å². The zero-order valence-corrected chi connectivity index (χ0v) is 20.7. The molecule has 188 valence electrons. The van der Waals surface area contributed by atoms with Crippen LogP contribution in [0.2, 0.25) is 0 Å². The number of nitrogens with zero attached hydrogens (tertiary/aromatic N) is 3. The molecule has 7 heteroatoms. The van der Waals surface area contributed by atoms with Gasteiger partial charge in [0, 0.05) is 31.1 Å². The fourth-order valence-corrected chi connectivity index (χ4v) is 5.67. The Morgan fingerprint density at radius 1 is 1.00 bits per heavy atom. The summed E-state index contributed by atoms with van der Waals surface area (Å²) >= 11 is 0. The standard InChI is InChI=1S/C29H34N4O3/c34-29(23-11-14-33(19-23)28-10-8-22-5-1-2-6-25(22)31-28)30-24(20-32-12-3-4-13-32)17-21-7-9-26-27(18-21)36-16-15-35-26/h1-2,5-10,18,23-24H,3-4,11-17,19-20H2,(H,30,34)/t23-,24?/m1/s1. The molecule has 3 aliphatic rings. The maximum Gasteiger partial charge on any atom is 0.225 e. The lowest BCUT2D eigenvalue weighted by Crippen LogP contribution is -2.46. The summed E-state index contributed by atoms with van der Waals surface area (Å²) in [5.74, 6) is 2.69. The molecule has 3 aromatic rings. The second kappa shape index (κ2) is 10.3. The van der Waals surface area contributed by atoms with E-state index in [1.807, 2.05) is 24.3 Å². The second-order valence-corrected chi connectivity index (χ2v) is 10.2. The van der Waals surface area contributed by atoms with E-state index < -0.39 is 0 Å². The van der Waals surface area contributed by atoms with Crippen LogP contribution in [0, 0.1) is 5.92 Å². The van der Waals surface area contributed by atoms with Crippen LogP contribution in [0.4, 0.5) is 5.82 Å². The summed E-state index contributed by atoms with van der Waals surface area (Å²) < 4.78 is 11.5. The molecule has 2 atom stereocenters. The highest BCUT2D eigenvalue weighted by molar-refractivity contribution is 5.82. The average molecular weight is 487 g/mol. The lowest BCUT2D eigenvalue weighted by atomic mass is 10.0. The van der Waals surface area contributed by atoms with E-state index in [-0.39, 0.29) is 17.9 Å². The predicted molar refractivity (Wildman–Crippen MR) is 141 cm³/mol. The van der Waals surface area contributed by atoms with Crippen LogP contribution in [0.3, 0.4) is 0 Å². The molecule has 0 spiro atoms. The molecule has 4 heterocycles. The molecule has 0 saturated carbocycles. The van der Waals surface area contributed by atoms with Crippen molar-refractivity contribution in [3.63, 3.8) is 0 Å². The summed E-state index contributed by atoms with van der Waals surface area (Å²) in [5, 5.41) is 4.55. The zero-order chi connectivity index (χ0) is 24.3. The summed E-state index contributed by atoms with van der Waals surface area (Å²) in [6, 6.07) is 18.6. The normalized spacial score (nSPS) is 20.6. The molecule has 1 amide bonds. The highest BCUT2D eigenvalue weighted by Gasteiger charge is 2.31. The first-order valence-electron chi connectivity index (χ1n) is 13.2. The van der Waals surface area contributed by atoms with Crippen molar-refractivity contribution in [3.8, 4) is 11.5 Å². The van der Waals surface area contributed by atoms with E-state index in [1.165, 1.54) is 12.8 Å². The molecular weight excluding hydrogens is 452 g/mol. The van der Waals surface area contributed by atoms with Crippen molar-refractivity contribution < 1.29 is 14.3 Å². The molecule has 0 aliphatic carbocycles. The number of benzene rings is 2. The van der Waals surface area contributed by atoms with Gasteiger partial charge in [0.1, 0.15) is 19.0 Å². The minimum absolute atomic E-state index is 0.0281. The second-order valence-electron chi connectivity index (χ2n) is 10.2. The number of pyridine rings is 1. The zero-order valence-electron chi connectivity index (χ0n) is 20.7. The molecule has 6 rings (SSSR count). The fraction of sp³-hybridized carbons (Fsp3) is 0.448. The largest absolute Gasteiger partial charge is 0.486 e. The van der Waals surface area contributed by atoms with E-state index in [9.17, 15) is 4.79 Å². The van der Waals surface area contributed by atoms with E-state index in [1.54, 1.807) is 0 Å². The van der Waals surface area contributed by atoms with Gasteiger partial charge in [0.2, 0.25) is 5.91 Å². The Morgan fingerprint density at radius 3 is 2.72 bits per heavy atom. The number of fused-ring (bicyclic) bond motifs is 2. The molecule has 2 aromatic carbocycles. The number of rotatable bonds is 7. The van der Waals surface area contributed by atoms with Crippen molar-refractivity contribution in [1.82, 2.24) is 15.2 Å². The molecule has 1 N–H and O–H groups in total. The number of carbonyl (C=O) groups excluding carboxylic acids is 1. The minimum atomic E-state index is -0.0281. The number of nitrogens with one attached hydrogen (secondary N) is 1. The van der Waals surface area contributed by atoms with Crippen molar-refractivity contribution in [2.24, 2.45) is 5.92 Å². The molecule has 1 unspecified atom stereocenters. The maximum atomic E-state index is 13.4. The fourth-order valence-electron chi connectivity index (χ4n) is 5.67.